The Hall–Kier alpha value is -0.340. The molecule has 0 aromatic rings. The van der Waals surface area contributed by atoms with Crippen LogP contribution in [0.5, 0.6) is 0 Å². The predicted octanol–water partition coefficient (Wildman–Crippen LogP) is 7.14. The molecule has 0 bridgehead atoms. The molecular weight excluding hydrogens is 318 g/mol. The second-order valence-electron chi connectivity index (χ2n) is 8.10. The van der Waals surface area contributed by atoms with Gasteiger partial charge in [-0.2, -0.15) is 0 Å². The van der Waals surface area contributed by atoms with Gasteiger partial charge in [0, 0.05) is 13.1 Å². The molecule has 1 saturated heterocycles. The molecule has 1 aliphatic heterocycles. The van der Waals surface area contributed by atoms with Crippen LogP contribution in [-0.2, 0) is 4.74 Å². The Labute approximate surface area is 164 Å². The van der Waals surface area contributed by atoms with Gasteiger partial charge in [0.25, 0.3) is 0 Å². The number of rotatable bonds is 18. The fourth-order valence-electron chi connectivity index (χ4n) is 3.76. The molecule has 0 spiro atoms. The summed E-state index contributed by atoms with van der Waals surface area (Å²) in [5.41, 5.74) is 0. The van der Waals surface area contributed by atoms with Crippen LogP contribution in [0, 0.1) is 0 Å². The van der Waals surface area contributed by atoms with Crippen molar-refractivity contribution in [2.75, 3.05) is 32.8 Å². The van der Waals surface area contributed by atoms with Gasteiger partial charge in [0.15, 0.2) is 0 Å². The first kappa shape index (κ1) is 23.7. The molecule has 2 heteroatoms. The number of hydrogen-bond donors (Lipinski definition) is 0. The molecule has 0 amide bonds. The van der Waals surface area contributed by atoms with Gasteiger partial charge >= 0.3 is 0 Å². The van der Waals surface area contributed by atoms with Crippen molar-refractivity contribution in [3.8, 4) is 0 Å². The molecule has 1 aliphatic rings. The molecule has 0 N–H and O–H groups in total. The van der Waals surface area contributed by atoms with Gasteiger partial charge in [-0.1, -0.05) is 89.7 Å². The van der Waals surface area contributed by atoms with Gasteiger partial charge in [0.2, 0.25) is 0 Å². The van der Waals surface area contributed by atoms with Crippen molar-refractivity contribution in [2.45, 2.75) is 110 Å². The van der Waals surface area contributed by atoms with E-state index in [2.05, 4.69) is 24.0 Å². The third-order valence-corrected chi connectivity index (χ3v) is 5.59. The van der Waals surface area contributed by atoms with Crippen LogP contribution in [0.15, 0.2) is 12.2 Å². The minimum absolute atomic E-state index is 0.939. The lowest BCUT2D eigenvalue weighted by Crippen LogP contribution is -2.36. The molecule has 0 radical (unpaired) electrons. The molecule has 0 atom stereocenters. The summed E-state index contributed by atoms with van der Waals surface area (Å²) in [6.45, 7) is 7.74. The number of morpholine rings is 1. The van der Waals surface area contributed by atoms with Crippen molar-refractivity contribution in [1.82, 2.24) is 4.90 Å². The Morgan fingerprint density at radius 3 is 1.62 bits per heavy atom. The van der Waals surface area contributed by atoms with E-state index in [0.29, 0.717) is 0 Å². The molecule has 1 rings (SSSR count). The summed E-state index contributed by atoms with van der Waals surface area (Å²) in [5, 5.41) is 0. The minimum Gasteiger partial charge on any atom is -0.379 e. The highest BCUT2D eigenvalue weighted by Gasteiger charge is 2.08. The van der Waals surface area contributed by atoms with Crippen LogP contribution in [-0.4, -0.2) is 37.7 Å². The first-order chi connectivity index (χ1) is 12.9. The van der Waals surface area contributed by atoms with E-state index in [1.807, 2.05) is 0 Å². The topological polar surface area (TPSA) is 12.5 Å². The van der Waals surface area contributed by atoms with E-state index in [0.717, 1.165) is 26.3 Å². The Morgan fingerprint density at radius 1 is 0.615 bits per heavy atom. The third kappa shape index (κ3) is 15.9. The van der Waals surface area contributed by atoms with Crippen molar-refractivity contribution < 1.29 is 4.74 Å². The van der Waals surface area contributed by atoms with Gasteiger partial charge in [-0.05, 0) is 38.6 Å². The largest absolute Gasteiger partial charge is 0.379 e. The molecule has 0 aromatic heterocycles. The number of hydrogen-bond acceptors (Lipinski definition) is 2. The minimum atomic E-state index is 0.939. The van der Waals surface area contributed by atoms with Crippen molar-refractivity contribution in [1.29, 1.82) is 0 Å². The Morgan fingerprint density at radius 2 is 1.08 bits per heavy atom. The van der Waals surface area contributed by atoms with Crippen molar-refractivity contribution in [3.05, 3.63) is 12.2 Å². The van der Waals surface area contributed by atoms with Crippen molar-refractivity contribution in [3.63, 3.8) is 0 Å². The van der Waals surface area contributed by atoms with Gasteiger partial charge in [-0.3, -0.25) is 4.90 Å². The van der Waals surface area contributed by atoms with Gasteiger partial charge in [0.1, 0.15) is 0 Å². The zero-order valence-corrected chi connectivity index (χ0v) is 17.9. The monoisotopic (exact) mass is 365 g/mol. The highest BCUT2D eigenvalue weighted by Crippen LogP contribution is 2.11. The van der Waals surface area contributed by atoms with Crippen molar-refractivity contribution in [2.24, 2.45) is 0 Å². The van der Waals surface area contributed by atoms with Gasteiger partial charge in [-0.15, -0.1) is 0 Å². The maximum atomic E-state index is 5.39. The molecule has 26 heavy (non-hydrogen) atoms. The summed E-state index contributed by atoms with van der Waals surface area (Å²) < 4.78 is 5.39. The fourth-order valence-corrected chi connectivity index (χ4v) is 3.76. The highest BCUT2D eigenvalue weighted by atomic mass is 16.5. The summed E-state index contributed by atoms with van der Waals surface area (Å²) in [4.78, 5) is 2.56. The van der Waals surface area contributed by atoms with Crippen LogP contribution >= 0.6 is 0 Å². The first-order valence-electron chi connectivity index (χ1n) is 11.9. The Kier molecular flexibility index (Phi) is 17.7. The SMILES string of the molecule is CCCCCCCC/C=C\CCCCCCCCCCN1CCOCC1. The average molecular weight is 366 g/mol. The standard InChI is InChI=1S/C24H47NO/c1-2-3-4-5-6-7-8-9-10-11-12-13-14-15-16-17-18-19-20-25-21-23-26-24-22-25/h9-10H,2-8,11-24H2,1H3/b10-9-. The van der Waals surface area contributed by atoms with E-state index in [4.69, 9.17) is 4.74 Å². The molecular formula is C24H47NO. The average Bonchev–Trinajstić information content (AvgIpc) is 2.68. The molecule has 1 heterocycles. The molecule has 0 saturated carbocycles. The van der Waals surface area contributed by atoms with Gasteiger partial charge in [0.05, 0.1) is 13.2 Å². The summed E-state index contributed by atoms with van der Waals surface area (Å²) in [5.74, 6) is 0. The lowest BCUT2D eigenvalue weighted by Gasteiger charge is -2.26. The van der Waals surface area contributed by atoms with E-state index in [-0.39, 0.29) is 0 Å². The van der Waals surface area contributed by atoms with E-state index in [1.54, 1.807) is 0 Å². The summed E-state index contributed by atoms with van der Waals surface area (Å²) >= 11 is 0. The maximum Gasteiger partial charge on any atom is 0.0594 e. The molecule has 2 nitrogen and oxygen atoms in total. The van der Waals surface area contributed by atoms with Gasteiger partial charge < -0.3 is 4.74 Å². The van der Waals surface area contributed by atoms with E-state index >= 15 is 0 Å². The smallest absolute Gasteiger partial charge is 0.0594 e. The number of unbranched alkanes of at least 4 members (excludes halogenated alkanes) is 14. The quantitative estimate of drug-likeness (QED) is 0.189. The number of nitrogens with zero attached hydrogens (tertiary/aromatic N) is 1. The van der Waals surface area contributed by atoms with Crippen LogP contribution in [0.2, 0.25) is 0 Å². The van der Waals surface area contributed by atoms with Crippen LogP contribution in [0.25, 0.3) is 0 Å². The first-order valence-corrected chi connectivity index (χ1v) is 11.9. The summed E-state index contributed by atoms with van der Waals surface area (Å²) in [6.07, 6.45) is 27.3. The van der Waals surface area contributed by atoms with Crippen LogP contribution < -0.4 is 0 Å². The lowest BCUT2D eigenvalue weighted by atomic mass is 10.1. The predicted molar refractivity (Wildman–Crippen MR) is 116 cm³/mol. The van der Waals surface area contributed by atoms with E-state index in [9.17, 15) is 0 Å². The third-order valence-electron chi connectivity index (χ3n) is 5.59. The van der Waals surface area contributed by atoms with E-state index in [1.165, 1.54) is 109 Å². The van der Waals surface area contributed by atoms with Crippen LogP contribution in [0.3, 0.4) is 0 Å². The molecule has 0 unspecified atom stereocenters. The summed E-state index contributed by atoms with van der Waals surface area (Å²) in [6, 6.07) is 0. The maximum absolute atomic E-state index is 5.39. The van der Waals surface area contributed by atoms with Gasteiger partial charge in [-0.25, -0.2) is 0 Å². The normalized spacial score (nSPS) is 15.9. The molecule has 1 fully saturated rings. The van der Waals surface area contributed by atoms with Crippen LogP contribution in [0.1, 0.15) is 110 Å². The van der Waals surface area contributed by atoms with E-state index < -0.39 is 0 Å². The van der Waals surface area contributed by atoms with Crippen LogP contribution in [0.4, 0.5) is 0 Å². The molecule has 0 aromatic carbocycles. The van der Waals surface area contributed by atoms with Crippen molar-refractivity contribution >= 4 is 0 Å². The zero-order chi connectivity index (χ0) is 18.5. The molecule has 0 aliphatic carbocycles. The lowest BCUT2D eigenvalue weighted by molar-refractivity contribution is 0.0371. The number of ether oxygens (including phenoxy) is 1. The number of allylic oxidation sites excluding steroid dienone is 2. The second kappa shape index (κ2) is 19.4. The fraction of sp³-hybridized carbons (Fsp3) is 0.917. The summed E-state index contributed by atoms with van der Waals surface area (Å²) in [7, 11) is 0. The second-order valence-corrected chi connectivity index (χ2v) is 8.10. The zero-order valence-electron chi connectivity index (χ0n) is 17.9. The Balaban J connectivity index is 1.69. The highest BCUT2D eigenvalue weighted by molar-refractivity contribution is 4.81. The Bertz CT molecular complexity index is 297. The molecule has 154 valence electrons.